The van der Waals surface area contributed by atoms with Crippen LogP contribution in [0.4, 0.5) is 11.6 Å². The van der Waals surface area contributed by atoms with E-state index >= 15 is 0 Å². The normalized spacial score (nSPS) is 10.5. The lowest BCUT2D eigenvalue weighted by Crippen LogP contribution is -2.16. The van der Waals surface area contributed by atoms with Crippen LogP contribution in [0, 0.1) is 6.92 Å². The average Bonchev–Trinajstić information content (AvgIpc) is 2.46. The second-order valence-electron chi connectivity index (χ2n) is 5.14. The molecule has 21 heavy (non-hydrogen) atoms. The molecule has 0 aliphatic carbocycles. The predicted octanol–water partition coefficient (Wildman–Crippen LogP) is 2.45. The highest BCUT2D eigenvalue weighted by Gasteiger charge is 2.12. The molecule has 0 aromatic carbocycles. The molecular formula is C15H19N5O. The van der Waals surface area contributed by atoms with Crippen LogP contribution in [0.15, 0.2) is 30.5 Å². The van der Waals surface area contributed by atoms with Crippen molar-refractivity contribution in [2.24, 2.45) is 5.84 Å². The van der Waals surface area contributed by atoms with Crippen LogP contribution in [-0.4, -0.2) is 15.9 Å². The molecule has 0 aliphatic rings. The molecule has 2 heterocycles. The minimum absolute atomic E-state index is 0.196. The van der Waals surface area contributed by atoms with Crippen molar-refractivity contribution in [1.82, 2.24) is 9.97 Å². The Morgan fingerprint density at radius 3 is 2.62 bits per heavy atom. The zero-order valence-corrected chi connectivity index (χ0v) is 12.3. The number of pyridine rings is 2. The third-order valence-corrected chi connectivity index (χ3v) is 3.00. The lowest BCUT2D eigenvalue weighted by Gasteiger charge is -2.11. The summed E-state index contributed by atoms with van der Waals surface area (Å²) in [6.07, 6.45) is 1.66. The second-order valence-corrected chi connectivity index (χ2v) is 5.14. The quantitative estimate of drug-likeness (QED) is 0.592. The van der Waals surface area contributed by atoms with E-state index in [4.69, 9.17) is 5.84 Å². The summed E-state index contributed by atoms with van der Waals surface area (Å²) in [5.74, 6) is 6.34. The van der Waals surface area contributed by atoms with Gasteiger partial charge in [0.2, 0.25) is 0 Å². The Kier molecular flexibility index (Phi) is 4.49. The van der Waals surface area contributed by atoms with Gasteiger partial charge in [-0.05, 0) is 42.7 Å². The molecule has 110 valence electrons. The van der Waals surface area contributed by atoms with Crippen molar-refractivity contribution < 1.29 is 4.79 Å². The van der Waals surface area contributed by atoms with Crippen molar-refractivity contribution in [3.63, 3.8) is 0 Å². The first-order valence-corrected chi connectivity index (χ1v) is 6.72. The second kappa shape index (κ2) is 6.32. The van der Waals surface area contributed by atoms with Gasteiger partial charge in [-0.1, -0.05) is 13.8 Å². The molecule has 0 atom stereocenters. The molecule has 0 aliphatic heterocycles. The van der Waals surface area contributed by atoms with E-state index in [1.165, 1.54) is 0 Å². The highest BCUT2D eigenvalue weighted by Crippen LogP contribution is 2.18. The lowest BCUT2D eigenvalue weighted by atomic mass is 10.1. The number of hydrazine groups is 1. The van der Waals surface area contributed by atoms with Crippen molar-refractivity contribution in [1.29, 1.82) is 0 Å². The number of aromatic nitrogens is 2. The first-order valence-electron chi connectivity index (χ1n) is 6.72. The van der Waals surface area contributed by atoms with Gasteiger partial charge in [0.05, 0.1) is 0 Å². The molecule has 0 saturated carbocycles. The molecule has 0 spiro atoms. The number of nitrogens with two attached hydrogens (primary N) is 1. The summed E-state index contributed by atoms with van der Waals surface area (Å²) in [6.45, 7) is 5.95. The van der Waals surface area contributed by atoms with Crippen LogP contribution >= 0.6 is 0 Å². The first-order chi connectivity index (χ1) is 9.99. The van der Waals surface area contributed by atoms with Gasteiger partial charge in [-0.25, -0.2) is 15.8 Å². The van der Waals surface area contributed by atoms with Gasteiger partial charge in [-0.3, -0.25) is 4.79 Å². The van der Waals surface area contributed by atoms with Crippen molar-refractivity contribution in [2.45, 2.75) is 26.7 Å². The maximum absolute atomic E-state index is 12.3. The van der Waals surface area contributed by atoms with Gasteiger partial charge >= 0.3 is 0 Å². The van der Waals surface area contributed by atoms with Gasteiger partial charge in [-0.15, -0.1) is 0 Å². The van der Waals surface area contributed by atoms with Gasteiger partial charge < -0.3 is 10.7 Å². The molecule has 0 bridgehead atoms. The average molecular weight is 285 g/mol. The number of anilines is 2. The number of amides is 1. The number of hydrogen-bond acceptors (Lipinski definition) is 5. The summed E-state index contributed by atoms with van der Waals surface area (Å²) < 4.78 is 0. The SMILES string of the molecule is Cc1ccnc(NC(=O)c2cc(NN)nc(C(C)C)c2)c1. The Labute approximate surface area is 123 Å². The number of hydrogen-bond donors (Lipinski definition) is 3. The van der Waals surface area contributed by atoms with Gasteiger partial charge in [-0.2, -0.15) is 0 Å². The Bertz CT molecular complexity index is 654. The number of nitrogens with one attached hydrogen (secondary N) is 2. The summed E-state index contributed by atoms with van der Waals surface area (Å²) in [5.41, 5.74) is 4.80. The Morgan fingerprint density at radius 2 is 2.00 bits per heavy atom. The fourth-order valence-electron chi connectivity index (χ4n) is 1.85. The van der Waals surface area contributed by atoms with Crippen molar-refractivity contribution in [2.75, 3.05) is 10.7 Å². The highest BCUT2D eigenvalue weighted by molar-refractivity contribution is 6.04. The summed E-state index contributed by atoms with van der Waals surface area (Å²) in [5, 5.41) is 2.77. The molecule has 2 aromatic heterocycles. The van der Waals surface area contributed by atoms with E-state index in [9.17, 15) is 4.79 Å². The monoisotopic (exact) mass is 285 g/mol. The minimum atomic E-state index is -0.242. The Balaban J connectivity index is 2.28. The molecule has 6 heteroatoms. The largest absolute Gasteiger partial charge is 0.308 e. The summed E-state index contributed by atoms with van der Waals surface area (Å²) in [4.78, 5) is 20.8. The molecular weight excluding hydrogens is 266 g/mol. The summed E-state index contributed by atoms with van der Waals surface area (Å²) in [7, 11) is 0. The van der Waals surface area contributed by atoms with E-state index in [-0.39, 0.29) is 11.8 Å². The fourth-order valence-corrected chi connectivity index (χ4v) is 1.85. The molecule has 6 nitrogen and oxygen atoms in total. The van der Waals surface area contributed by atoms with Crippen LogP contribution in [0.2, 0.25) is 0 Å². The third kappa shape index (κ3) is 3.76. The zero-order valence-electron chi connectivity index (χ0n) is 12.3. The first kappa shape index (κ1) is 14.9. The number of carbonyl (C=O) groups excluding carboxylic acids is 1. The number of rotatable bonds is 4. The number of carbonyl (C=O) groups is 1. The van der Waals surface area contributed by atoms with Crippen LogP contribution in [0.3, 0.4) is 0 Å². The number of nitrogens with zero attached hydrogens (tertiary/aromatic N) is 2. The lowest BCUT2D eigenvalue weighted by molar-refractivity contribution is 0.102. The van der Waals surface area contributed by atoms with Crippen LogP contribution in [0.1, 0.15) is 41.4 Å². The van der Waals surface area contributed by atoms with Crippen LogP contribution in [0.25, 0.3) is 0 Å². The Morgan fingerprint density at radius 1 is 1.24 bits per heavy atom. The van der Waals surface area contributed by atoms with Gasteiger partial charge in [0.15, 0.2) is 0 Å². The summed E-state index contributed by atoms with van der Waals surface area (Å²) >= 11 is 0. The van der Waals surface area contributed by atoms with E-state index < -0.39 is 0 Å². The van der Waals surface area contributed by atoms with Crippen molar-refractivity contribution in [3.05, 3.63) is 47.3 Å². The van der Waals surface area contributed by atoms with E-state index in [1.807, 2.05) is 32.9 Å². The van der Waals surface area contributed by atoms with Gasteiger partial charge in [0, 0.05) is 17.5 Å². The molecule has 0 saturated heterocycles. The van der Waals surface area contributed by atoms with Crippen LogP contribution in [-0.2, 0) is 0 Å². The maximum atomic E-state index is 12.3. The smallest absolute Gasteiger partial charge is 0.257 e. The standard InChI is InChI=1S/C15H19N5O/c1-9(2)12-7-11(8-14(18-12)20-16)15(21)19-13-6-10(3)4-5-17-13/h4-9H,16H2,1-3H3,(H,18,20)(H,17,19,21). The van der Waals surface area contributed by atoms with Crippen LogP contribution < -0.4 is 16.6 Å². The number of nitrogen functional groups attached to an aromatic ring is 1. The molecule has 2 aromatic rings. The molecule has 0 unspecified atom stereocenters. The molecule has 4 N–H and O–H groups in total. The molecule has 2 rings (SSSR count). The highest BCUT2D eigenvalue weighted by atomic mass is 16.1. The fraction of sp³-hybridized carbons (Fsp3) is 0.267. The third-order valence-electron chi connectivity index (χ3n) is 3.00. The van der Waals surface area contributed by atoms with Gasteiger partial charge in [0.25, 0.3) is 5.91 Å². The predicted molar refractivity (Wildman–Crippen MR) is 83.1 cm³/mol. The van der Waals surface area contributed by atoms with E-state index in [2.05, 4.69) is 20.7 Å². The summed E-state index contributed by atoms with van der Waals surface area (Å²) in [6, 6.07) is 7.05. The molecule has 1 amide bonds. The molecule has 0 radical (unpaired) electrons. The maximum Gasteiger partial charge on any atom is 0.257 e. The molecule has 0 fully saturated rings. The van der Waals surface area contributed by atoms with E-state index in [1.54, 1.807) is 18.3 Å². The van der Waals surface area contributed by atoms with Crippen LogP contribution in [0.5, 0.6) is 0 Å². The Hall–Kier alpha value is -2.47. The van der Waals surface area contributed by atoms with Crippen molar-refractivity contribution in [3.8, 4) is 0 Å². The van der Waals surface area contributed by atoms with Gasteiger partial charge in [0.1, 0.15) is 11.6 Å². The zero-order chi connectivity index (χ0) is 15.4. The van der Waals surface area contributed by atoms with Crippen molar-refractivity contribution >= 4 is 17.5 Å². The van der Waals surface area contributed by atoms with E-state index in [0.717, 1.165) is 11.3 Å². The topological polar surface area (TPSA) is 92.9 Å². The van der Waals surface area contributed by atoms with E-state index in [0.29, 0.717) is 17.2 Å². The minimum Gasteiger partial charge on any atom is -0.308 e. The number of aryl methyl sites for hydroxylation is 1.